The van der Waals surface area contributed by atoms with Gasteiger partial charge in [-0.15, -0.1) is 0 Å². The molecule has 0 amide bonds. The van der Waals surface area contributed by atoms with Gasteiger partial charge in [0, 0.05) is 43.9 Å². The predicted molar refractivity (Wildman–Crippen MR) is 192 cm³/mol. The Bertz CT molecular complexity index is 2800. The van der Waals surface area contributed by atoms with Gasteiger partial charge in [-0.05, 0) is 52.9 Å². The molecule has 0 radical (unpaired) electrons. The third-order valence-corrected chi connectivity index (χ3v) is 9.39. The fraction of sp³-hybridized carbons (Fsp3) is 0. The average Bonchev–Trinajstić information content (AvgIpc) is 3.64. The van der Waals surface area contributed by atoms with E-state index in [1.165, 1.54) is 32.8 Å². The van der Waals surface area contributed by atoms with Crippen LogP contribution in [0.1, 0.15) is 0 Å². The largest absolute Gasteiger partial charge is 0.456 e. The lowest BCUT2D eigenvalue weighted by molar-refractivity contribution is 0.669. The van der Waals surface area contributed by atoms with E-state index >= 15 is 0 Å². The van der Waals surface area contributed by atoms with Crippen LogP contribution in [0.5, 0.6) is 0 Å². The van der Waals surface area contributed by atoms with Crippen LogP contribution in [0, 0.1) is 0 Å². The summed E-state index contributed by atoms with van der Waals surface area (Å²) >= 11 is 0. The van der Waals surface area contributed by atoms with E-state index in [2.05, 4.69) is 150 Å². The number of aromatic nitrogens is 2. The van der Waals surface area contributed by atoms with Gasteiger partial charge in [0.2, 0.25) is 0 Å². The first-order valence-corrected chi connectivity index (χ1v) is 15.6. The SMILES string of the molecule is c1ccc(-c2cc(-c3cccc4c(-n5c6ccccc6c6cc7c(cc65)oc5ccccc57)cccc34)nc3ccccc23)cc1. The topological polar surface area (TPSA) is 31.0 Å². The van der Waals surface area contributed by atoms with Crippen LogP contribution in [0.2, 0.25) is 0 Å². The zero-order chi connectivity index (χ0) is 30.2. The highest BCUT2D eigenvalue weighted by Gasteiger charge is 2.19. The highest BCUT2D eigenvalue weighted by molar-refractivity contribution is 6.18. The third kappa shape index (κ3) is 3.63. The molecule has 10 aromatic rings. The molecule has 0 saturated carbocycles. The van der Waals surface area contributed by atoms with Crippen molar-refractivity contribution < 1.29 is 4.42 Å². The molecule has 0 fully saturated rings. The predicted octanol–water partition coefficient (Wildman–Crippen LogP) is 11.7. The number of para-hydroxylation sites is 3. The van der Waals surface area contributed by atoms with Crippen molar-refractivity contribution in [2.45, 2.75) is 0 Å². The number of nitrogens with zero attached hydrogens (tertiary/aromatic N) is 2. The summed E-state index contributed by atoms with van der Waals surface area (Å²) < 4.78 is 8.77. The highest BCUT2D eigenvalue weighted by atomic mass is 16.3. The Balaban J connectivity index is 1.25. The lowest BCUT2D eigenvalue weighted by Gasteiger charge is -2.15. The van der Waals surface area contributed by atoms with Crippen LogP contribution in [0.4, 0.5) is 0 Å². The summed E-state index contributed by atoms with van der Waals surface area (Å²) in [5.74, 6) is 0. The maximum Gasteiger partial charge on any atom is 0.137 e. The maximum absolute atomic E-state index is 6.37. The lowest BCUT2D eigenvalue weighted by atomic mass is 9.95. The van der Waals surface area contributed by atoms with Crippen molar-refractivity contribution in [3.8, 4) is 28.1 Å². The van der Waals surface area contributed by atoms with Crippen molar-refractivity contribution in [3.63, 3.8) is 0 Å². The summed E-state index contributed by atoms with van der Waals surface area (Å²) in [6.45, 7) is 0. The quantitative estimate of drug-likeness (QED) is 0.206. The van der Waals surface area contributed by atoms with E-state index in [9.17, 15) is 0 Å². The molecule has 0 atom stereocenters. The first kappa shape index (κ1) is 25.2. The second-order valence-corrected chi connectivity index (χ2v) is 11.9. The van der Waals surface area contributed by atoms with E-state index in [0.717, 1.165) is 60.7 Å². The standard InChI is InChI=1S/C43H26N2O/c1-2-12-27(13-3-1)34-25-38(44-37-20-7-4-14-30(34)37)29-18-10-19-31-28(29)17-11-22-40(31)45-39-21-8-5-15-32(39)35-24-36-33-16-6-9-23-42(33)46-43(36)26-41(35)45/h1-26H. The number of rotatable bonds is 3. The van der Waals surface area contributed by atoms with Crippen molar-refractivity contribution in [3.05, 3.63) is 158 Å². The third-order valence-electron chi connectivity index (χ3n) is 9.39. The second kappa shape index (κ2) is 9.65. The van der Waals surface area contributed by atoms with Gasteiger partial charge >= 0.3 is 0 Å². The van der Waals surface area contributed by atoms with Gasteiger partial charge in [0.15, 0.2) is 0 Å². The minimum atomic E-state index is 0.896. The summed E-state index contributed by atoms with van der Waals surface area (Å²) in [4.78, 5) is 5.21. The van der Waals surface area contributed by atoms with Gasteiger partial charge in [0.1, 0.15) is 11.2 Å². The van der Waals surface area contributed by atoms with E-state index in [-0.39, 0.29) is 0 Å². The molecule has 3 heteroatoms. The molecule has 3 heterocycles. The molecule has 0 spiro atoms. The van der Waals surface area contributed by atoms with Crippen LogP contribution in [0.3, 0.4) is 0 Å². The lowest BCUT2D eigenvalue weighted by Crippen LogP contribution is -1.96. The number of hydrogen-bond donors (Lipinski definition) is 0. The molecule has 46 heavy (non-hydrogen) atoms. The Morgan fingerprint density at radius 2 is 1.13 bits per heavy atom. The monoisotopic (exact) mass is 586 g/mol. The highest BCUT2D eigenvalue weighted by Crippen LogP contribution is 2.41. The van der Waals surface area contributed by atoms with E-state index in [1.54, 1.807) is 0 Å². The van der Waals surface area contributed by atoms with Gasteiger partial charge in [-0.3, -0.25) is 0 Å². The summed E-state index contributed by atoms with van der Waals surface area (Å²) in [6, 6.07) is 56.0. The van der Waals surface area contributed by atoms with Crippen molar-refractivity contribution in [1.29, 1.82) is 0 Å². The second-order valence-electron chi connectivity index (χ2n) is 11.9. The van der Waals surface area contributed by atoms with Crippen molar-refractivity contribution in [1.82, 2.24) is 9.55 Å². The minimum Gasteiger partial charge on any atom is -0.456 e. The molecule has 214 valence electrons. The van der Waals surface area contributed by atoms with Crippen molar-refractivity contribution in [2.24, 2.45) is 0 Å². The molecule has 7 aromatic carbocycles. The van der Waals surface area contributed by atoms with Crippen LogP contribution in [0.25, 0.3) is 93.5 Å². The molecule has 3 nitrogen and oxygen atoms in total. The van der Waals surface area contributed by atoms with E-state index < -0.39 is 0 Å². The fourth-order valence-electron chi connectivity index (χ4n) is 7.33. The van der Waals surface area contributed by atoms with Crippen LogP contribution in [-0.2, 0) is 0 Å². The van der Waals surface area contributed by atoms with E-state index in [1.807, 2.05) is 12.1 Å². The molecular formula is C43H26N2O. The van der Waals surface area contributed by atoms with Crippen molar-refractivity contribution in [2.75, 3.05) is 0 Å². The number of fused-ring (bicyclic) bond motifs is 8. The Morgan fingerprint density at radius 3 is 2.04 bits per heavy atom. The van der Waals surface area contributed by atoms with Crippen LogP contribution >= 0.6 is 0 Å². The molecule has 0 unspecified atom stereocenters. The van der Waals surface area contributed by atoms with E-state index in [0.29, 0.717) is 0 Å². The molecule has 0 aliphatic heterocycles. The first-order chi connectivity index (χ1) is 22.8. The van der Waals surface area contributed by atoms with Gasteiger partial charge in [-0.1, -0.05) is 115 Å². The number of benzene rings is 7. The zero-order valence-corrected chi connectivity index (χ0v) is 24.8. The van der Waals surface area contributed by atoms with Gasteiger partial charge in [-0.25, -0.2) is 4.98 Å². The fourth-order valence-corrected chi connectivity index (χ4v) is 7.33. The van der Waals surface area contributed by atoms with Gasteiger partial charge in [0.25, 0.3) is 0 Å². The molecule has 0 bridgehead atoms. The van der Waals surface area contributed by atoms with Gasteiger partial charge in [0.05, 0.1) is 27.9 Å². The van der Waals surface area contributed by atoms with Crippen LogP contribution < -0.4 is 0 Å². The summed E-state index contributed by atoms with van der Waals surface area (Å²) in [7, 11) is 0. The first-order valence-electron chi connectivity index (χ1n) is 15.6. The maximum atomic E-state index is 6.37. The number of furan rings is 1. The number of pyridine rings is 1. The van der Waals surface area contributed by atoms with Crippen LogP contribution in [-0.4, -0.2) is 9.55 Å². The molecular weight excluding hydrogens is 560 g/mol. The molecule has 10 rings (SSSR count). The van der Waals surface area contributed by atoms with Crippen LogP contribution in [0.15, 0.2) is 162 Å². The Hall–Kier alpha value is -6.19. The molecule has 0 aliphatic rings. The minimum absolute atomic E-state index is 0.896. The van der Waals surface area contributed by atoms with Gasteiger partial charge in [-0.2, -0.15) is 0 Å². The smallest absolute Gasteiger partial charge is 0.137 e. The normalized spacial score (nSPS) is 11.9. The molecule has 0 aliphatic carbocycles. The Morgan fingerprint density at radius 1 is 0.413 bits per heavy atom. The summed E-state index contributed by atoms with van der Waals surface area (Å²) in [5, 5.41) is 8.21. The summed E-state index contributed by atoms with van der Waals surface area (Å²) in [5.41, 5.74) is 10.7. The Kier molecular flexibility index (Phi) is 5.28. The molecule has 3 aromatic heterocycles. The Labute approximate surface area is 264 Å². The molecule has 0 saturated heterocycles. The van der Waals surface area contributed by atoms with Crippen molar-refractivity contribution >= 4 is 65.4 Å². The van der Waals surface area contributed by atoms with E-state index in [4.69, 9.17) is 9.40 Å². The molecule has 0 N–H and O–H groups in total. The summed E-state index contributed by atoms with van der Waals surface area (Å²) in [6.07, 6.45) is 0. The zero-order valence-electron chi connectivity index (χ0n) is 24.8. The number of hydrogen-bond acceptors (Lipinski definition) is 2. The average molecular weight is 587 g/mol. The van der Waals surface area contributed by atoms with Gasteiger partial charge < -0.3 is 8.98 Å².